The smallest absolute Gasteiger partial charge is 0.407 e. The number of aliphatic hydroxyl groups is 1. The number of nitrogens with zero attached hydrogens (tertiary/aromatic N) is 3. The van der Waals surface area contributed by atoms with Gasteiger partial charge in [-0.3, -0.25) is 4.79 Å². The molecule has 0 saturated heterocycles. The molecule has 0 unspecified atom stereocenters. The third-order valence-electron chi connectivity index (χ3n) is 9.69. The number of fused-ring (bicyclic) bond motifs is 5. The van der Waals surface area contributed by atoms with E-state index in [1.165, 1.54) is 6.07 Å². The molecule has 1 aliphatic carbocycles. The number of carbonyl (C=O) groups excluding carboxylic acids is 2. The fraction of sp³-hybridized carbons (Fsp3) is 0.400. The number of alkyl carbamates (subject to hydrolysis) is 1. The molecule has 250 valence electrons. The van der Waals surface area contributed by atoms with Crippen LogP contribution in [0, 0.1) is 18.7 Å². The van der Waals surface area contributed by atoms with E-state index in [-0.39, 0.29) is 59.9 Å². The van der Waals surface area contributed by atoms with E-state index in [1.807, 2.05) is 18.2 Å². The van der Waals surface area contributed by atoms with Crippen LogP contribution in [0.15, 0.2) is 46.3 Å². The van der Waals surface area contributed by atoms with Crippen LogP contribution in [0.25, 0.3) is 22.3 Å². The van der Waals surface area contributed by atoms with Crippen LogP contribution in [0.4, 0.5) is 9.18 Å². The average Bonchev–Trinajstić information content (AvgIpc) is 3.44. The Morgan fingerprint density at radius 1 is 1.25 bits per heavy atom. The zero-order chi connectivity index (χ0) is 33.9. The SMILES string of the molecule is CC[C@@]1(O)C(=O)OCc2c1cc1n(c2=O)Cc2c-1nc1cc(F)c(C)c3c1c2[C@@H](NC(=O)OC[C@@H](SSc1ccccn1)C(C)C)CC3. The van der Waals surface area contributed by atoms with Crippen molar-refractivity contribution in [2.45, 2.75) is 82.0 Å². The Bertz CT molecular complexity index is 2040. The number of carbonyl (C=O) groups is 2. The van der Waals surface area contributed by atoms with Crippen molar-refractivity contribution in [1.82, 2.24) is 19.9 Å². The fourth-order valence-corrected chi connectivity index (χ4v) is 9.48. The summed E-state index contributed by atoms with van der Waals surface area (Å²) < 4.78 is 27.8. The highest BCUT2D eigenvalue weighted by atomic mass is 33.1. The highest BCUT2D eigenvalue weighted by Gasteiger charge is 2.46. The molecule has 0 radical (unpaired) electrons. The number of benzene rings is 1. The molecule has 0 fully saturated rings. The van der Waals surface area contributed by atoms with E-state index in [9.17, 15) is 19.5 Å². The van der Waals surface area contributed by atoms with Gasteiger partial charge in [0, 0.05) is 28.8 Å². The number of aromatic nitrogens is 3. The van der Waals surface area contributed by atoms with Crippen molar-refractivity contribution in [2.75, 3.05) is 6.61 Å². The van der Waals surface area contributed by atoms with Gasteiger partial charge in [0.05, 0.1) is 40.3 Å². The van der Waals surface area contributed by atoms with Crippen molar-refractivity contribution in [2.24, 2.45) is 5.92 Å². The lowest BCUT2D eigenvalue weighted by Crippen LogP contribution is -2.44. The van der Waals surface area contributed by atoms with Gasteiger partial charge in [-0.05, 0) is 77.8 Å². The quantitative estimate of drug-likeness (QED) is 0.145. The maximum Gasteiger partial charge on any atom is 0.407 e. The van der Waals surface area contributed by atoms with Gasteiger partial charge in [0.25, 0.3) is 5.56 Å². The highest BCUT2D eigenvalue weighted by molar-refractivity contribution is 8.76. The number of halogens is 1. The first-order valence-electron chi connectivity index (χ1n) is 16.0. The first-order valence-corrected chi connectivity index (χ1v) is 18.2. The van der Waals surface area contributed by atoms with Gasteiger partial charge in [0.1, 0.15) is 24.1 Å². The number of amides is 1. The summed E-state index contributed by atoms with van der Waals surface area (Å²) in [6, 6.07) is 8.27. The molecule has 4 aromatic rings. The van der Waals surface area contributed by atoms with E-state index in [1.54, 1.807) is 52.3 Å². The molecule has 1 aromatic carbocycles. The van der Waals surface area contributed by atoms with Gasteiger partial charge in [-0.1, -0.05) is 37.6 Å². The van der Waals surface area contributed by atoms with Crippen molar-refractivity contribution in [3.05, 3.63) is 86.1 Å². The van der Waals surface area contributed by atoms with E-state index in [0.29, 0.717) is 35.3 Å². The number of aryl methyl sites for hydroxylation is 1. The van der Waals surface area contributed by atoms with Crippen LogP contribution in [0.3, 0.4) is 0 Å². The maximum atomic E-state index is 15.2. The van der Waals surface area contributed by atoms with Crippen molar-refractivity contribution < 1.29 is 28.6 Å². The third-order valence-corrected chi connectivity index (χ3v) is 12.7. The molecular formula is C35H35FN4O6S2. The van der Waals surface area contributed by atoms with Gasteiger partial charge < -0.3 is 24.5 Å². The minimum Gasteiger partial charge on any atom is -0.458 e. The van der Waals surface area contributed by atoms with Gasteiger partial charge in [0.15, 0.2) is 5.60 Å². The van der Waals surface area contributed by atoms with E-state index >= 15 is 4.39 Å². The minimum absolute atomic E-state index is 0.0161. The minimum atomic E-state index is -1.97. The Labute approximate surface area is 284 Å². The lowest BCUT2D eigenvalue weighted by molar-refractivity contribution is -0.172. The van der Waals surface area contributed by atoms with E-state index in [0.717, 1.165) is 27.1 Å². The molecular weight excluding hydrogens is 656 g/mol. The molecule has 0 bridgehead atoms. The van der Waals surface area contributed by atoms with Gasteiger partial charge in [-0.2, -0.15) is 0 Å². The fourth-order valence-electron chi connectivity index (χ4n) is 6.88. The Morgan fingerprint density at radius 2 is 2.06 bits per heavy atom. The Hall–Kier alpha value is -3.94. The molecule has 3 aromatic heterocycles. The van der Waals surface area contributed by atoms with Gasteiger partial charge >= 0.3 is 12.1 Å². The van der Waals surface area contributed by atoms with Crippen LogP contribution in [0.2, 0.25) is 0 Å². The zero-order valence-corrected chi connectivity index (χ0v) is 28.6. The molecule has 3 aliphatic rings. The summed E-state index contributed by atoms with van der Waals surface area (Å²) in [5, 5.41) is 16.0. The predicted octanol–water partition coefficient (Wildman–Crippen LogP) is 6.10. The lowest BCUT2D eigenvalue weighted by Gasteiger charge is -2.31. The summed E-state index contributed by atoms with van der Waals surface area (Å²) in [5.41, 5.74) is 2.20. The van der Waals surface area contributed by atoms with Crippen molar-refractivity contribution in [3.8, 4) is 11.4 Å². The largest absolute Gasteiger partial charge is 0.458 e. The van der Waals surface area contributed by atoms with Gasteiger partial charge in [-0.25, -0.2) is 23.9 Å². The molecule has 5 heterocycles. The number of nitrogens with one attached hydrogen (secondary N) is 1. The second-order valence-electron chi connectivity index (χ2n) is 12.8. The highest BCUT2D eigenvalue weighted by Crippen LogP contribution is 2.46. The number of cyclic esters (lactones) is 1. The number of pyridine rings is 3. The molecule has 13 heteroatoms. The predicted molar refractivity (Wildman–Crippen MR) is 181 cm³/mol. The van der Waals surface area contributed by atoms with Gasteiger partial charge in [-0.15, -0.1) is 0 Å². The van der Waals surface area contributed by atoms with Crippen molar-refractivity contribution in [3.63, 3.8) is 0 Å². The van der Waals surface area contributed by atoms with Crippen molar-refractivity contribution >= 4 is 44.6 Å². The number of ether oxygens (including phenoxy) is 2. The van der Waals surface area contributed by atoms with Crippen LogP contribution in [-0.4, -0.2) is 43.6 Å². The molecule has 0 saturated carbocycles. The number of hydrogen-bond acceptors (Lipinski definition) is 10. The summed E-state index contributed by atoms with van der Waals surface area (Å²) >= 11 is 0. The van der Waals surface area contributed by atoms with E-state index < -0.39 is 23.7 Å². The topological polar surface area (TPSA) is 133 Å². The standard InChI is InChI=1S/C35H35FN4O6S2/c1-5-35(44)22-12-26-31-20(14-40(26)32(41)21(22)15-45-33(35)42)30-24(10-9-19-18(4)23(36)13-25(38-31)29(19)30)39-34(43)46-16-27(17(2)3)47-48-28-8-6-7-11-37-28/h6-8,11-13,17,24,27,44H,5,9-10,14-16H2,1-4H3,(H,39,43)/t24-,27+,35-/m0/s1. The van der Waals surface area contributed by atoms with E-state index in [2.05, 4.69) is 24.1 Å². The second-order valence-corrected chi connectivity index (χ2v) is 15.2. The summed E-state index contributed by atoms with van der Waals surface area (Å²) in [5.74, 6) is -0.957. The monoisotopic (exact) mass is 690 g/mol. The number of hydrogen-bond donors (Lipinski definition) is 2. The van der Waals surface area contributed by atoms with E-state index in [4.69, 9.17) is 14.5 Å². The summed E-state index contributed by atoms with van der Waals surface area (Å²) in [4.78, 5) is 49.1. The summed E-state index contributed by atoms with van der Waals surface area (Å²) in [6.07, 6.45) is 2.21. The molecule has 48 heavy (non-hydrogen) atoms. The first kappa shape index (κ1) is 32.6. The third kappa shape index (κ3) is 5.36. The van der Waals surface area contributed by atoms with Crippen LogP contribution in [0.5, 0.6) is 0 Å². The molecule has 7 rings (SSSR count). The zero-order valence-electron chi connectivity index (χ0n) is 27.0. The van der Waals surface area contributed by atoms with Gasteiger partial charge in [0.2, 0.25) is 0 Å². The average molecular weight is 691 g/mol. The van der Waals surface area contributed by atoms with Crippen LogP contribution in [-0.2, 0) is 39.4 Å². The molecule has 1 amide bonds. The van der Waals surface area contributed by atoms with Crippen LogP contribution < -0.4 is 10.9 Å². The second kappa shape index (κ2) is 12.5. The maximum absolute atomic E-state index is 15.2. The Morgan fingerprint density at radius 3 is 2.79 bits per heavy atom. The van der Waals surface area contributed by atoms with Crippen LogP contribution in [0.1, 0.15) is 73.0 Å². The molecule has 2 aliphatic heterocycles. The van der Waals surface area contributed by atoms with Crippen molar-refractivity contribution in [1.29, 1.82) is 0 Å². The molecule has 3 atom stereocenters. The summed E-state index contributed by atoms with van der Waals surface area (Å²) in [6.45, 7) is 7.66. The number of esters is 1. The normalized spacial score (nSPS) is 19.8. The van der Waals surface area contributed by atoms with Crippen LogP contribution >= 0.6 is 21.6 Å². The molecule has 0 spiro atoms. The molecule has 2 N–H and O–H groups in total. The Kier molecular flexibility index (Phi) is 8.49. The lowest BCUT2D eigenvalue weighted by atomic mass is 9.81. The first-order chi connectivity index (χ1) is 23.0. The Balaban J connectivity index is 1.24. The summed E-state index contributed by atoms with van der Waals surface area (Å²) in [7, 11) is 3.15. The number of rotatable bonds is 8. The molecule has 10 nitrogen and oxygen atoms in total.